The SMILES string of the molecule is Cc1ccccc1C(=O)NCC(=O)O[C@H]1CCCCC1=O. The molecule has 1 aromatic rings. The summed E-state index contributed by atoms with van der Waals surface area (Å²) >= 11 is 0. The van der Waals surface area contributed by atoms with Gasteiger partial charge in [0.25, 0.3) is 5.91 Å². The molecule has 5 heteroatoms. The highest BCUT2D eigenvalue weighted by atomic mass is 16.5. The summed E-state index contributed by atoms with van der Waals surface area (Å²) in [5, 5.41) is 2.52. The van der Waals surface area contributed by atoms with Crippen LogP contribution in [0, 0.1) is 6.92 Å². The number of nitrogens with one attached hydrogen (secondary N) is 1. The molecule has 2 rings (SSSR count). The topological polar surface area (TPSA) is 72.5 Å². The van der Waals surface area contributed by atoms with E-state index in [2.05, 4.69) is 5.32 Å². The van der Waals surface area contributed by atoms with Gasteiger partial charge in [-0.05, 0) is 37.8 Å². The number of esters is 1. The number of ketones is 1. The molecular weight excluding hydrogens is 270 g/mol. The molecule has 1 aliphatic carbocycles. The first kappa shape index (κ1) is 15.2. The van der Waals surface area contributed by atoms with E-state index in [0.717, 1.165) is 18.4 Å². The second-order valence-electron chi connectivity index (χ2n) is 5.19. The summed E-state index contributed by atoms with van der Waals surface area (Å²) in [5.41, 5.74) is 1.37. The normalized spacial score (nSPS) is 18.1. The molecule has 0 radical (unpaired) electrons. The molecule has 1 fully saturated rings. The van der Waals surface area contributed by atoms with Gasteiger partial charge in [0.15, 0.2) is 11.9 Å². The van der Waals surface area contributed by atoms with E-state index in [-0.39, 0.29) is 18.2 Å². The van der Waals surface area contributed by atoms with Gasteiger partial charge >= 0.3 is 5.97 Å². The quantitative estimate of drug-likeness (QED) is 0.858. The molecule has 5 nitrogen and oxygen atoms in total. The number of hydrogen-bond donors (Lipinski definition) is 1. The third kappa shape index (κ3) is 4.15. The van der Waals surface area contributed by atoms with Crippen molar-refractivity contribution in [3.8, 4) is 0 Å². The van der Waals surface area contributed by atoms with Crippen molar-refractivity contribution < 1.29 is 19.1 Å². The highest BCUT2D eigenvalue weighted by molar-refractivity contribution is 5.97. The average molecular weight is 289 g/mol. The molecule has 1 amide bonds. The largest absolute Gasteiger partial charge is 0.453 e. The van der Waals surface area contributed by atoms with Gasteiger partial charge in [-0.3, -0.25) is 14.4 Å². The van der Waals surface area contributed by atoms with E-state index in [4.69, 9.17) is 4.74 Å². The predicted molar refractivity (Wildman–Crippen MR) is 76.9 cm³/mol. The van der Waals surface area contributed by atoms with E-state index in [1.54, 1.807) is 12.1 Å². The highest BCUT2D eigenvalue weighted by Gasteiger charge is 2.25. The van der Waals surface area contributed by atoms with Crippen molar-refractivity contribution in [1.29, 1.82) is 0 Å². The molecule has 0 unspecified atom stereocenters. The molecule has 0 spiro atoms. The number of carbonyl (C=O) groups excluding carboxylic acids is 3. The molecule has 0 aliphatic heterocycles. The number of benzene rings is 1. The van der Waals surface area contributed by atoms with Gasteiger partial charge in [-0.25, -0.2) is 0 Å². The third-order valence-electron chi connectivity index (χ3n) is 3.56. The Kier molecular flexibility index (Phi) is 5.09. The van der Waals surface area contributed by atoms with Crippen molar-refractivity contribution in [2.45, 2.75) is 38.7 Å². The Morgan fingerprint density at radius 1 is 1.29 bits per heavy atom. The van der Waals surface area contributed by atoms with Crippen LogP contribution in [0.3, 0.4) is 0 Å². The molecule has 0 aromatic heterocycles. The maximum absolute atomic E-state index is 11.9. The standard InChI is InChI=1S/C16H19NO4/c1-11-6-2-3-7-12(11)16(20)17-10-15(19)21-14-9-5-4-8-13(14)18/h2-3,6-7,14H,4-5,8-10H2,1H3,(H,17,20)/t14-/m0/s1. The van der Waals surface area contributed by atoms with Crippen LogP contribution in [0.4, 0.5) is 0 Å². The zero-order valence-electron chi connectivity index (χ0n) is 12.1. The summed E-state index contributed by atoms with van der Waals surface area (Å²) in [6.45, 7) is 1.60. The summed E-state index contributed by atoms with van der Waals surface area (Å²) in [4.78, 5) is 35.2. The lowest BCUT2D eigenvalue weighted by Crippen LogP contribution is -2.36. The summed E-state index contributed by atoms with van der Waals surface area (Å²) in [7, 11) is 0. The highest BCUT2D eigenvalue weighted by Crippen LogP contribution is 2.17. The summed E-state index contributed by atoms with van der Waals surface area (Å²) < 4.78 is 5.12. The van der Waals surface area contributed by atoms with Gasteiger partial charge in [-0.2, -0.15) is 0 Å². The first-order chi connectivity index (χ1) is 10.1. The first-order valence-electron chi connectivity index (χ1n) is 7.14. The monoisotopic (exact) mass is 289 g/mol. The number of carbonyl (C=O) groups is 3. The van der Waals surface area contributed by atoms with Gasteiger partial charge in [0.1, 0.15) is 6.54 Å². The lowest BCUT2D eigenvalue weighted by molar-refractivity contribution is -0.155. The van der Waals surface area contributed by atoms with E-state index in [0.29, 0.717) is 18.4 Å². The van der Waals surface area contributed by atoms with Crippen LogP contribution < -0.4 is 5.32 Å². The van der Waals surface area contributed by atoms with Crippen molar-refractivity contribution in [1.82, 2.24) is 5.32 Å². The van der Waals surface area contributed by atoms with Crippen LogP contribution in [0.1, 0.15) is 41.6 Å². The van der Waals surface area contributed by atoms with Crippen LogP contribution >= 0.6 is 0 Å². The third-order valence-corrected chi connectivity index (χ3v) is 3.56. The van der Waals surface area contributed by atoms with E-state index < -0.39 is 12.1 Å². The average Bonchev–Trinajstić information content (AvgIpc) is 2.48. The molecule has 0 heterocycles. The fraction of sp³-hybridized carbons (Fsp3) is 0.438. The number of Topliss-reactive ketones (excluding diaryl/α,β-unsaturated/α-hetero) is 1. The van der Waals surface area contributed by atoms with E-state index in [1.807, 2.05) is 19.1 Å². The van der Waals surface area contributed by atoms with Gasteiger partial charge < -0.3 is 10.1 Å². The van der Waals surface area contributed by atoms with Crippen LogP contribution in [0.5, 0.6) is 0 Å². The predicted octanol–water partition coefficient (Wildman–Crippen LogP) is 1.78. The second kappa shape index (κ2) is 7.02. The molecule has 1 aliphatic rings. The van der Waals surface area contributed by atoms with Crippen molar-refractivity contribution in [3.05, 3.63) is 35.4 Å². The number of hydrogen-bond acceptors (Lipinski definition) is 4. The van der Waals surface area contributed by atoms with Crippen LogP contribution in [0.2, 0.25) is 0 Å². The van der Waals surface area contributed by atoms with E-state index in [1.165, 1.54) is 0 Å². The van der Waals surface area contributed by atoms with Gasteiger partial charge in [-0.1, -0.05) is 18.2 Å². The zero-order valence-corrected chi connectivity index (χ0v) is 12.1. The van der Waals surface area contributed by atoms with Crippen LogP contribution in [-0.4, -0.2) is 30.3 Å². The maximum Gasteiger partial charge on any atom is 0.326 e. The summed E-state index contributed by atoms with van der Waals surface area (Å²) in [6.07, 6.45) is 2.15. The Hall–Kier alpha value is -2.17. The number of amides is 1. The lowest BCUT2D eigenvalue weighted by atomic mass is 9.96. The van der Waals surface area contributed by atoms with Crippen LogP contribution in [-0.2, 0) is 14.3 Å². The molecule has 1 atom stereocenters. The number of ether oxygens (including phenoxy) is 1. The minimum Gasteiger partial charge on any atom is -0.453 e. The first-order valence-corrected chi connectivity index (χ1v) is 7.14. The van der Waals surface area contributed by atoms with Crippen molar-refractivity contribution >= 4 is 17.7 Å². The summed E-state index contributed by atoms with van der Waals surface area (Å²) in [5.74, 6) is -0.919. The molecule has 1 aromatic carbocycles. The van der Waals surface area contributed by atoms with E-state index >= 15 is 0 Å². The second-order valence-corrected chi connectivity index (χ2v) is 5.19. The van der Waals surface area contributed by atoms with Gasteiger partial charge in [0.05, 0.1) is 0 Å². The molecule has 0 saturated heterocycles. The lowest BCUT2D eigenvalue weighted by Gasteiger charge is -2.20. The molecule has 0 bridgehead atoms. The fourth-order valence-electron chi connectivity index (χ4n) is 2.35. The molecular formula is C16H19NO4. The summed E-state index contributed by atoms with van der Waals surface area (Å²) in [6, 6.07) is 7.13. The van der Waals surface area contributed by atoms with Crippen molar-refractivity contribution in [2.75, 3.05) is 6.54 Å². The smallest absolute Gasteiger partial charge is 0.326 e. The van der Waals surface area contributed by atoms with Gasteiger partial charge in [0.2, 0.25) is 0 Å². The van der Waals surface area contributed by atoms with Crippen LogP contribution in [0.25, 0.3) is 0 Å². The molecule has 21 heavy (non-hydrogen) atoms. The molecule has 1 N–H and O–H groups in total. The Morgan fingerprint density at radius 2 is 2.05 bits per heavy atom. The minimum atomic E-state index is -0.637. The Labute approximate surface area is 123 Å². The van der Waals surface area contributed by atoms with Crippen molar-refractivity contribution in [2.24, 2.45) is 0 Å². The number of rotatable bonds is 4. The maximum atomic E-state index is 11.9. The van der Waals surface area contributed by atoms with Gasteiger partial charge in [-0.15, -0.1) is 0 Å². The molecule has 112 valence electrons. The van der Waals surface area contributed by atoms with Gasteiger partial charge in [0, 0.05) is 12.0 Å². The zero-order chi connectivity index (χ0) is 15.2. The Morgan fingerprint density at radius 3 is 2.76 bits per heavy atom. The number of aryl methyl sites for hydroxylation is 1. The Bertz CT molecular complexity index is 553. The van der Waals surface area contributed by atoms with E-state index in [9.17, 15) is 14.4 Å². The fourth-order valence-corrected chi connectivity index (χ4v) is 2.35. The minimum absolute atomic E-state index is 0.0279. The van der Waals surface area contributed by atoms with Crippen LogP contribution in [0.15, 0.2) is 24.3 Å². The van der Waals surface area contributed by atoms with Crippen molar-refractivity contribution in [3.63, 3.8) is 0 Å². The molecule has 1 saturated carbocycles. The Balaban J connectivity index is 1.82.